The second-order valence-corrected chi connectivity index (χ2v) is 10.5. The number of morpholine rings is 1. The molecule has 0 aromatic heterocycles. The third-order valence-corrected chi connectivity index (χ3v) is 8.34. The van der Waals surface area contributed by atoms with Crippen molar-refractivity contribution in [2.45, 2.75) is 37.8 Å². The van der Waals surface area contributed by atoms with Crippen molar-refractivity contribution in [3.8, 4) is 5.75 Å². The molecule has 1 aliphatic carbocycles. The number of nitrogens with one attached hydrogen (secondary N) is 2. The van der Waals surface area contributed by atoms with Crippen LogP contribution in [0.4, 0.5) is 0 Å². The fraction of sp³-hybridized carbons (Fsp3) is 0.480. The van der Waals surface area contributed by atoms with Crippen molar-refractivity contribution in [1.29, 1.82) is 0 Å². The van der Waals surface area contributed by atoms with Gasteiger partial charge in [0.25, 0.3) is 16.1 Å². The van der Waals surface area contributed by atoms with Gasteiger partial charge in [0, 0.05) is 19.1 Å². The van der Waals surface area contributed by atoms with Crippen LogP contribution in [0.2, 0.25) is 0 Å². The van der Waals surface area contributed by atoms with E-state index in [1.807, 2.05) is 42.5 Å². The predicted molar refractivity (Wildman–Crippen MR) is 130 cm³/mol. The number of carbonyl (C=O) groups excluding carboxylic acids is 1. The number of hydrogen-bond donors (Lipinski definition) is 2. The van der Waals surface area contributed by atoms with Gasteiger partial charge in [-0.25, -0.2) is 0 Å². The SMILES string of the molecule is COc1ccccc1C(=O)NC(c1ccccc1)C1CCC(NS(=O)(=O)N2CCOCC2)CC1. The highest BCUT2D eigenvalue weighted by Gasteiger charge is 2.33. The summed E-state index contributed by atoms with van der Waals surface area (Å²) in [7, 11) is -1.96. The monoisotopic (exact) mass is 487 g/mol. The Kier molecular flexibility index (Phi) is 8.20. The molecule has 8 nitrogen and oxygen atoms in total. The lowest BCUT2D eigenvalue weighted by Gasteiger charge is -2.36. The fourth-order valence-electron chi connectivity index (χ4n) is 4.83. The van der Waals surface area contributed by atoms with Gasteiger partial charge in [0.1, 0.15) is 5.75 Å². The highest BCUT2D eigenvalue weighted by Crippen LogP contribution is 2.35. The lowest BCUT2D eigenvalue weighted by atomic mass is 9.79. The maximum Gasteiger partial charge on any atom is 0.279 e. The number of para-hydroxylation sites is 1. The zero-order chi connectivity index (χ0) is 24.0. The molecule has 2 fully saturated rings. The molecular formula is C25H33N3O5S. The van der Waals surface area contributed by atoms with Gasteiger partial charge < -0.3 is 14.8 Å². The molecule has 2 aromatic rings. The molecule has 2 aromatic carbocycles. The molecule has 2 N–H and O–H groups in total. The minimum Gasteiger partial charge on any atom is -0.496 e. The standard InChI is InChI=1S/C25H33N3O5S/c1-32-23-10-6-5-9-22(23)25(29)26-24(19-7-3-2-4-8-19)20-11-13-21(14-12-20)27-34(30,31)28-15-17-33-18-16-28/h2-10,20-21,24,27H,11-18H2,1H3,(H,26,29). The maximum absolute atomic E-state index is 13.2. The Morgan fingerprint density at radius 1 is 1.00 bits per heavy atom. The van der Waals surface area contributed by atoms with Gasteiger partial charge in [0.15, 0.2) is 0 Å². The Labute approximate surface area is 201 Å². The summed E-state index contributed by atoms with van der Waals surface area (Å²) >= 11 is 0. The Morgan fingerprint density at radius 3 is 2.32 bits per heavy atom. The fourth-order valence-corrected chi connectivity index (χ4v) is 6.26. The summed E-state index contributed by atoms with van der Waals surface area (Å²) in [4.78, 5) is 13.2. The maximum atomic E-state index is 13.2. The van der Waals surface area contributed by atoms with E-state index >= 15 is 0 Å². The van der Waals surface area contributed by atoms with E-state index in [1.165, 1.54) is 4.31 Å². The zero-order valence-electron chi connectivity index (χ0n) is 19.5. The van der Waals surface area contributed by atoms with E-state index in [4.69, 9.17) is 9.47 Å². The normalized spacial score (nSPS) is 22.6. The number of ether oxygens (including phenoxy) is 2. The summed E-state index contributed by atoms with van der Waals surface area (Å²) in [6.07, 6.45) is 3.06. The van der Waals surface area contributed by atoms with Crippen molar-refractivity contribution in [3.05, 3.63) is 65.7 Å². The third kappa shape index (κ3) is 5.96. The number of methoxy groups -OCH3 is 1. The van der Waals surface area contributed by atoms with Crippen molar-refractivity contribution >= 4 is 16.1 Å². The van der Waals surface area contributed by atoms with Crippen LogP contribution in [-0.2, 0) is 14.9 Å². The summed E-state index contributed by atoms with van der Waals surface area (Å²) in [5.41, 5.74) is 1.54. The number of amides is 1. The van der Waals surface area contributed by atoms with E-state index in [1.54, 1.807) is 19.2 Å². The second-order valence-electron chi connectivity index (χ2n) is 8.81. The molecule has 34 heavy (non-hydrogen) atoms. The molecule has 1 unspecified atom stereocenters. The molecule has 1 amide bonds. The first-order valence-corrected chi connectivity index (χ1v) is 13.3. The van der Waals surface area contributed by atoms with E-state index in [0.29, 0.717) is 37.6 Å². The summed E-state index contributed by atoms with van der Waals surface area (Å²) in [6.45, 7) is 1.63. The molecule has 9 heteroatoms. The van der Waals surface area contributed by atoms with Crippen LogP contribution in [0.25, 0.3) is 0 Å². The number of nitrogens with zero attached hydrogens (tertiary/aromatic N) is 1. The molecule has 1 aliphatic heterocycles. The minimum atomic E-state index is -3.52. The zero-order valence-corrected chi connectivity index (χ0v) is 20.3. The quantitative estimate of drug-likeness (QED) is 0.597. The van der Waals surface area contributed by atoms with Crippen LogP contribution >= 0.6 is 0 Å². The smallest absolute Gasteiger partial charge is 0.279 e. The Hall–Kier alpha value is -2.46. The Bertz CT molecular complexity index is 1050. The molecule has 1 saturated heterocycles. The summed E-state index contributed by atoms with van der Waals surface area (Å²) in [5, 5.41) is 3.23. The van der Waals surface area contributed by atoms with Gasteiger partial charge in [-0.05, 0) is 49.3 Å². The van der Waals surface area contributed by atoms with E-state index in [-0.39, 0.29) is 23.9 Å². The molecular weight excluding hydrogens is 454 g/mol. The lowest BCUT2D eigenvalue weighted by molar-refractivity contribution is 0.0721. The first-order valence-electron chi connectivity index (χ1n) is 11.8. The van der Waals surface area contributed by atoms with Crippen LogP contribution in [-0.4, -0.2) is 58.1 Å². The van der Waals surface area contributed by atoms with Gasteiger partial charge in [-0.3, -0.25) is 4.79 Å². The molecule has 4 rings (SSSR count). The molecule has 1 atom stereocenters. The first-order chi connectivity index (χ1) is 16.5. The van der Waals surface area contributed by atoms with Gasteiger partial charge in [0.2, 0.25) is 0 Å². The Balaban J connectivity index is 1.43. The molecule has 1 heterocycles. The predicted octanol–water partition coefficient (Wildman–Crippen LogP) is 2.89. The average Bonchev–Trinajstić information content (AvgIpc) is 2.88. The van der Waals surface area contributed by atoms with Gasteiger partial charge in [0.05, 0.1) is 31.9 Å². The largest absolute Gasteiger partial charge is 0.496 e. The van der Waals surface area contributed by atoms with Crippen LogP contribution in [0.5, 0.6) is 5.75 Å². The van der Waals surface area contributed by atoms with E-state index < -0.39 is 10.2 Å². The topological polar surface area (TPSA) is 97.0 Å². The van der Waals surface area contributed by atoms with Crippen LogP contribution in [0.3, 0.4) is 0 Å². The first kappa shape index (κ1) is 24.7. The highest BCUT2D eigenvalue weighted by molar-refractivity contribution is 7.87. The van der Waals surface area contributed by atoms with Gasteiger partial charge >= 0.3 is 0 Å². The van der Waals surface area contributed by atoms with Crippen molar-refractivity contribution in [2.75, 3.05) is 33.4 Å². The number of hydrogen-bond acceptors (Lipinski definition) is 5. The molecule has 2 aliphatic rings. The number of rotatable bonds is 8. The van der Waals surface area contributed by atoms with E-state index in [0.717, 1.165) is 31.2 Å². The van der Waals surface area contributed by atoms with Crippen LogP contribution in [0.15, 0.2) is 54.6 Å². The summed E-state index contributed by atoms with van der Waals surface area (Å²) < 4.78 is 40.5. The van der Waals surface area contributed by atoms with E-state index in [9.17, 15) is 13.2 Å². The van der Waals surface area contributed by atoms with Gasteiger partial charge in [-0.1, -0.05) is 42.5 Å². The highest BCUT2D eigenvalue weighted by atomic mass is 32.2. The van der Waals surface area contributed by atoms with E-state index in [2.05, 4.69) is 10.0 Å². The molecule has 0 radical (unpaired) electrons. The van der Waals surface area contributed by atoms with Crippen molar-refractivity contribution in [3.63, 3.8) is 0 Å². The number of carbonyl (C=O) groups is 1. The van der Waals surface area contributed by atoms with Crippen LogP contribution in [0.1, 0.15) is 47.6 Å². The Morgan fingerprint density at radius 2 is 1.65 bits per heavy atom. The average molecular weight is 488 g/mol. The molecule has 0 spiro atoms. The summed E-state index contributed by atoms with van der Waals surface area (Å²) in [6, 6.07) is 16.9. The summed E-state index contributed by atoms with van der Waals surface area (Å²) in [5.74, 6) is 0.555. The van der Waals surface area contributed by atoms with Crippen LogP contribution in [0, 0.1) is 5.92 Å². The van der Waals surface area contributed by atoms with Gasteiger partial charge in [-0.15, -0.1) is 0 Å². The lowest BCUT2D eigenvalue weighted by Crippen LogP contribution is -2.50. The second kappa shape index (κ2) is 11.3. The molecule has 1 saturated carbocycles. The minimum absolute atomic E-state index is 0.106. The number of benzene rings is 2. The van der Waals surface area contributed by atoms with Crippen molar-refractivity contribution in [2.24, 2.45) is 5.92 Å². The van der Waals surface area contributed by atoms with Gasteiger partial charge in [-0.2, -0.15) is 17.4 Å². The van der Waals surface area contributed by atoms with Crippen molar-refractivity contribution in [1.82, 2.24) is 14.3 Å². The van der Waals surface area contributed by atoms with Crippen LogP contribution < -0.4 is 14.8 Å². The molecule has 0 bridgehead atoms. The third-order valence-electron chi connectivity index (χ3n) is 6.67. The van der Waals surface area contributed by atoms with Crippen molar-refractivity contribution < 1.29 is 22.7 Å². The molecule has 184 valence electrons.